The lowest BCUT2D eigenvalue weighted by atomic mass is 10.2. The molecular formula is C20H21ClN2O4. The lowest BCUT2D eigenvalue weighted by Crippen LogP contribution is -2.36. The van der Waals surface area contributed by atoms with Crippen LogP contribution in [0.4, 0.5) is 0 Å². The van der Waals surface area contributed by atoms with Crippen LogP contribution < -0.4 is 10.5 Å². The first kappa shape index (κ1) is 19.0. The minimum absolute atomic E-state index is 0.161. The fraction of sp³-hybridized carbons (Fsp3) is 0.300. The number of para-hydroxylation sites is 2. The molecule has 0 spiro atoms. The van der Waals surface area contributed by atoms with Crippen LogP contribution in [0.15, 0.2) is 57.7 Å². The maximum Gasteiger partial charge on any atom is 0.420 e. The third-order valence-electron chi connectivity index (χ3n) is 4.34. The third-order valence-corrected chi connectivity index (χ3v) is 4.58. The second-order valence-electron chi connectivity index (χ2n) is 6.30. The van der Waals surface area contributed by atoms with Gasteiger partial charge < -0.3 is 14.1 Å². The van der Waals surface area contributed by atoms with Crippen molar-refractivity contribution in [1.29, 1.82) is 0 Å². The number of rotatable bonds is 7. The highest BCUT2D eigenvalue weighted by molar-refractivity contribution is 6.30. The van der Waals surface area contributed by atoms with Crippen molar-refractivity contribution in [1.82, 2.24) is 9.47 Å². The zero-order valence-corrected chi connectivity index (χ0v) is 16.0. The van der Waals surface area contributed by atoms with Crippen molar-refractivity contribution in [3.63, 3.8) is 0 Å². The third kappa shape index (κ3) is 4.34. The van der Waals surface area contributed by atoms with Gasteiger partial charge in [-0.05, 0) is 43.7 Å². The van der Waals surface area contributed by atoms with Gasteiger partial charge in [-0.1, -0.05) is 29.8 Å². The van der Waals surface area contributed by atoms with Crippen molar-refractivity contribution in [2.45, 2.75) is 19.4 Å². The summed E-state index contributed by atoms with van der Waals surface area (Å²) in [7, 11) is 1.71. The van der Waals surface area contributed by atoms with Gasteiger partial charge in [0.1, 0.15) is 11.8 Å². The average molecular weight is 389 g/mol. The molecule has 0 radical (unpaired) electrons. The van der Waals surface area contributed by atoms with Crippen molar-refractivity contribution in [2.75, 3.05) is 20.2 Å². The highest BCUT2D eigenvalue weighted by Crippen LogP contribution is 2.19. The van der Waals surface area contributed by atoms with E-state index in [1.807, 2.05) is 18.2 Å². The van der Waals surface area contributed by atoms with E-state index in [0.717, 1.165) is 0 Å². The van der Waals surface area contributed by atoms with Crippen LogP contribution in [0, 0.1) is 0 Å². The van der Waals surface area contributed by atoms with E-state index in [4.69, 9.17) is 20.8 Å². The molecule has 0 fully saturated rings. The second kappa shape index (κ2) is 8.31. The molecule has 27 heavy (non-hydrogen) atoms. The summed E-state index contributed by atoms with van der Waals surface area (Å²) in [5.41, 5.74) is 1.08. The van der Waals surface area contributed by atoms with Gasteiger partial charge >= 0.3 is 5.76 Å². The molecule has 1 amide bonds. The summed E-state index contributed by atoms with van der Waals surface area (Å²) >= 11 is 5.92. The van der Waals surface area contributed by atoms with Gasteiger partial charge in [0.15, 0.2) is 5.58 Å². The maximum absolute atomic E-state index is 12.7. The van der Waals surface area contributed by atoms with Gasteiger partial charge in [-0.3, -0.25) is 9.36 Å². The van der Waals surface area contributed by atoms with Gasteiger partial charge in [0.25, 0.3) is 0 Å². The first-order valence-corrected chi connectivity index (χ1v) is 9.08. The lowest BCUT2D eigenvalue weighted by Gasteiger charge is -2.22. The Kier molecular flexibility index (Phi) is 5.86. The summed E-state index contributed by atoms with van der Waals surface area (Å²) in [5, 5.41) is 0.617. The number of oxazole rings is 1. The molecule has 1 atom stereocenters. The monoisotopic (exact) mass is 388 g/mol. The van der Waals surface area contributed by atoms with Crippen LogP contribution in [0.25, 0.3) is 11.1 Å². The summed E-state index contributed by atoms with van der Waals surface area (Å²) in [5.74, 6) is 0.00224. The molecule has 2 aromatic carbocycles. The Morgan fingerprint density at radius 1 is 1.26 bits per heavy atom. The number of amides is 1. The van der Waals surface area contributed by atoms with Crippen LogP contribution in [-0.4, -0.2) is 35.6 Å². The fourth-order valence-electron chi connectivity index (χ4n) is 2.94. The molecule has 0 aliphatic carbocycles. The Labute approximate surface area is 161 Å². The molecule has 1 aromatic heterocycles. The van der Waals surface area contributed by atoms with Gasteiger partial charge in [0.05, 0.1) is 12.1 Å². The quantitative estimate of drug-likeness (QED) is 0.578. The summed E-state index contributed by atoms with van der Waals surface area (Å²) in [6, 6.07) is 13.6. The predicted molar refractivity (Wildman–Crippen MR) is 104 cm³/mol. The molecule has 1 heterocycles. The van der Waals surface area contributed by atoms with Crippen molar-refractivity contribution >= 4 is 28.6 Å². The standard InChI is InChI=1S/C20H21ClN2O4/c1-14(23-17-9-3-4-10-18(17)27-20(23)25)19(24)22(2)11-6-12-26-16-8-5-7-15(21)13-16/h3-5,7-10,13-14H,6,11-12H2,1-2H3. The van der Waals surface area contributed by atoms with Gasteiger partial charge in [-0.15, -0.1) is 0 Å². The summed E-state index contributed by atoms with van der Waals surface area (Å²) in [6.07, 6.45) is 0.655. The number of benzene rings is 2. The molecule has 3 rings (SSSR count). The van der Waals surface area contributed by atoms with Gasteiger partial charge in [0.2, 0.25) is 5.91 Å². The number of aromatic nitrogens is 1. The Hall–Kier alpha value is -2.73. The SMILES string of the molecule is CC(C(=O)N(C)CCCOc1cccc(Cl)c1)n1c(=O)oc2ccccc21. The van der Waals surface area contributed by atoms with Crippen LogP contribution in [-0.2, 0) is 4.79 Å². The molecule has 0 bridgehead atoms. The number of carbonyl (C=O) groups is 1. The molecule has 3 aromatic rings. The number of nitrogens with zero attached hydrogens (tertiary/aromatic N) is 2. The average Bonchev–Trinajstić information content (AvgIpc) is 2.99. The Balaban J connectivity index is 1.58. The van der Waals surface area contributed by atoms with Crippen LogP contribution in [0.5, 0.6) is 5.75 Å². The van der Waals surface area contributed by atoms with E-state index < -0.39 is 11.8 Å². The van der Waals surface area contributed by atoms with E-state index in [-0.39, 0.29) is 5.91 Å². The summed E-state index contributed by atoms with van der Waals surface area (Å²) < 4.78 is 12.2. The van der Waals surface area contributed by atoms with E-state index in [2.05, 4.69) is 0 Å². The van der Waals surface area contributed by atoms with E-state index in [1.54, 1.807) is 49.2 Å². The molecule has 0 aliphatic rings. The van der Waals surface area contributed by atoms with Crippen molar-refractivity contribution in [3.8, 4) is 5.75 Å². The van der Waals surface area contributed by atoms with E-state index >= 15 is 0 Å². The molecule has 0 saturated carbocycles. The Morgan fingerprint density at radius 3 is 2.81 bits per heavy atom. The van der Waals surface area contributed by atoms with Crippen LogP contribution in [0.3, 0.4) is 0 Å². The topological polar surface area (TPSA) is 64.7 Å². The number of hydrogen-bond donors (Lipinski definition) is 0. The molecular weight excluding hydrogens is 368 g/mol. The maximum atomic E-state index is 12.7. The first-order chi connectivity index (χ1) is 13.0. The predicted octanol–water partition coefficient (Wildman–Crippen LogP) is 3.74. The molecule has 6 nitrogen and oxygen atoms in total. The van der Waals surface area contributed by atoms with Crippen LogP contribution in [0.1, 0.15) is 19.4 Å². The largest absolute Gasteiger partial charge is 0.493 e. The van der Waals surface area contributed by atoms with E-state index in [1.165, 1.54) is 4.57 Å². The molecule has 0 N–H and O–H groups in total. The number of likely N-dealkylation sites (N-methyl/N-ethyl adjacent to an activating group) is 1. The molecule has 1 unspecified atom stereocenters. The van der Waals surface area contributed by atoms with E-state index in [0.29, 0.717) is 41.4 Å². The molecule has 0 aliphatic heterocycles. The number of halogens is 1. The number of ether oxygens (including phenoxy) is 1. The normalized spacial score (nSPS) is 12.1. The minimum atomic E-state index is -0.653. The van der Waals surface area contributed by atoms with Crippen LogP contribution in [0.2, 0.25) is 5.02 Å². The lowest BCUT2D eigenvalue weighted by molar-refractivity contribution is -0.133. The second-order valence-corrected chi connectivity index (χ2v) is 6.74. The fourth-order valence-corrected chi connectivity index (χ4v) is 3.12. The molecule has 0 saturated heterocycles. The van der Waals surface area contributed by atoms with Crippen molar-refractivity contribution in [2.24, 2.45) is 0 Å². The van der Waals surface area contributed by atoms with Crippen LogP contribution >= 0.6 is 11.6 Å². The number of hydrogen-bond acceptors (Lipinski definition) is 4. The Bertz CT molecular complexity index is 995. The van der Waals surface area contributed by atoms with Gasteiger partial charge in [-0.2, -0.15) is 0 Å². The smallest absolute Gasteiger partial charge is 0.420 e. The first-order valence-electron chi connectivity index (χ1n) is 8.71. The Morgan fingerprint density at radius 2 is 2.04 bits per heavy atom. The zero-order chi connectivity index (χ0) is 19.4. The van der Waals surface area contributed by atoms with Gasteiger partial charge in [-0.25, -0.2) is 4.79 Å². The highest BCUT2D eigenvalue weighted by Gasteiger charge is 2.23. The highest BCUT2D eigenvalue weighted by atomic mass is 35.5. The summed E-state index contributed by atoms with van der Waals surface area (Å²) in [6.45, 7) is 2.67. The van der Waals surface area contributed by atoms with Crippen molar-refractivity contribution in [3.05, 3.63) is 64.1 Å². The molecule has 142 valence electrons. The number of carbonyl (C=O) groups excluding carboxylic acids is 1. The van der Waals surface area contributed by atoms with Crippen molar-refractivity contribution < 1.29 is 13.9 Å². The van der Waals surface area contributed by atoms with Gasteiger partial charge in [0, 0.05) is 18.6 Å². The zero-order valence-electron chi connectivity index (χ0n) is 15.2. The van der Waals surface area contributed by atoms with E-state index in [9.17, 15) is 9.59 Å². The number of fused-ring (bicyclic) bond motifs is 1. The summed E-state index contributed by atoms with van der Waals surface area (Å²) in [4.78, 5) is 26.5. The molecule has 7 heteroatoms. The minimum Gasteiger partial charge on any atom is -0.493 e.